The molecule has 0 saturated carbocycles. The summed E-state index contributed by atoms with van der Waals surface area (Å²) in [7, 11) is -3.39. The lowest BCUT2D eigenvalue weighted by Gasteiger charge is -2.28. The molecule has 1 aromatic heterocycles. The Kier molecular flexibility index (Phi) is 4.36. The number of nitrogens with one attached hydrogen (secondary N) is 2. The standard InChI is InChI=1S/C11H20N4O2S/c1-2-15(9-10-3-5-12-6-4-10)18(16,17)11-7-13-14-8-11/h7-8,10,12H,2-6,9H2,1H3,(H,13,14). The van der Waals surface area contributed by atoms with Crippen molar-refractivity contribution < 1.29 is 8.42 Å². The first-order valence-corrected chi connectivity index (χ1v) is 7.78. The van der Waals surface area contributed by atoms with E-state index in [0.717, 1.165) is 25.9 Å². The molecule has 1 fully saturated rings. The number of nitrogens with zero attached hydrogens (tertiary/aromatic N) is 2. The van der Waals surface area contributed by atoms with E-state index in [2.05, 4.69) is 15.5 Å². The summed E-state index contributed by atoms with van der Waals surface area (Å²) in [6, 6.07) is 0. The summed E-state index contributed by atoms with van der Waals surface area (Å²) in [5, 5.41) is 9.55. The fraction of sp³-hybridized carbons (Fsp3) is 0.727. The van der Waals surface area contributed by atoms with Gasteiger partial charge in [0, 0.05) is 19.3 Å². The smallest absolute Gasteiger partial charge is 0.246 e. The lowest BCUT2D eigenvalue weighted by Crippen LogP contribution is -2.39. The van der Waals surface area contributed by atoms with Gasteiger partial charge in [0.1, 0.15) is 4.90 Å². The van der Waals surface area contributed by atoms with Crippen molar-refractivity contribution in [3.05, 3.63) is 12.4 Å². The molecule has 1 aliphatic rings. The molecule has 18 heavy (non-hydrogen) atoms. The van der Waals surface area contributed by atoms with Gasteiger partial charge in [-0.15, -0.1) is 0 Å². The molecule has 0 radical (unpaired) electrons. The topological polar surface area (TPSA) is 78.1 Å². The van der Waals surface area contributed by atoms with Crippen molar-refractivity contribution in [1.82, 2.24) is 19.8 Å². The lowest BCUT2D eigenvalue weighted by atomic mass is 9.98. The quantitative estimate of drug-likeness (QED) is 0.814. The normalized spacial score (nSPS) is 18.3. The Balaban J connectivity index is 2.08. The van der Waals surface area contributed by atoms with Gasteiger partial charge in [0.15, 0.2) is 0 Å². The molecule has 7 heteroatoms. The highest BCUT2D eigenvalue weighted by Crippen LogP contribution is 2.19. The van der Waals surface area contributed by atoms with E-state index in [1.807, 2.05) is 6.92 Å². The van der Waals surface area contributed by atoms with Crippen LogP contribution in [0.15, 0.2) is 17.3 Å². The predicted molar refractivity (Wildman–Crippen MR) is 68.6 cm³/mol. The van der Waals surface area contributed by atoms with Crippen LogP contribution in [-0.4, -0.2) is 49.1 Å². The van der Waals surface area contributed by atoms with Gasteiger partial charge in [0.05, 0.1) is 6.20 Å². The zero-order chi connectivity index (χ0) is 13.0. The zero-order valence-electron chi connectivity index (χ0n) is 10.6. The molecule has 1 saturated heterocycles. The maximum absolute atomic E-state index is 12.3. The number of H-pyrrole nitrogens is 1. The number of hydrogen-bond donors (Lipinski definition) is 2. The Morgan fingerprint density at radius 2 is 2.17 bits per heavy atom. The second kappa shape index (κ2) is 5.81. The highest BCUT2D eigenvalue weighted by atomic mass is 32.2. The average molecular weight is 272 g/mol. The minimum Gasteiger partial charge on any atom is -0.317 e. The monoisotopic (exact) mass is 272 g/mol. The van der Waals surface area contributed by atoms with E-state index in [0.29, 0.717) is 19.0 Å². The maximum atomic E-state index is 12.3. The first-order valence-electron chi connectivity index (χ1n) is 6.34. The van der Waals surface area contributed by atoms with Gasteiger partial charge in [0.2, 0.25) is 10.0 Å². The van der Waals surface area contributed by atoms with Crippen molar-refractivity contribution in [1.29, 1.82) is 0 Å². The van der Waals surface area contributed by atoms with Crippen molar-refractivity contribution in [2.45, 2.75) is 24.7 Å². The van der Waals surface area contributed by atoms with Gasteiger partial charge in [-0.1, -0.05) is 6.92 Å². The summed E-state index contributed by atoms with van der Waals surface area (Å²) in [6.07, 6.45) is 4.87. The molecular formula is C11H20N4O2S. The van der Waals surface area contributed by atoms with Gasteiger partial charge in [-0.2, -0.15) is 9.40 Å². The summed E-state index contributed by atoms with van der Waals surface area (Å²) in [5.74, 6) is 0.452. The highest BCUT2D eigenvalue weighted by Gasteiger charge is 2.27. The molecule has 1 aliphatic heterocycles. The third-order valence-electron chi connectivity index (χ3n) is 3.38. The van der Waals surface area contributed by atoms with Crippen molar-refractivity contribution in [3.63, 3.8) is 0 Å². The van der Waals surface area contributed by atoms with Gasteiger partial charge in [-0.3, -0.25) is 5.10 Å². The van der Waals surface area contributed by atoms with Crippen LogP contribution in [-0.2, 0) is 10.0 Å². The van der Waals surface area contributed by atoms with Crippen LogP contribution >= 0.6 is 0 Å². The molecule has 6 nitrogen and oxygen atoms in total. The molecule has 0 bridgehead atoms. The van der Waals surface area contributed by atoms with E-state index in [1.165, 1.54) is 12.4 Å². The average Bonchev–Trinajstić information content (AvgIpc) is 2.91. The number of aromatic amines is 1. The molecule has 0 aromatic carbocycles. The number of aromatic nitrogens is 2. The van der Waals surface area contributed by atoms with Crippen LogP contribution in [0.1, 0.15) is 19.8 Å². The second-order valence-corrected chi connectivity index (χ2v) is 6.52. The van der Waals surface area contributed by atoms with Gasteiger partial charge >= 0.3 is 0 Å². The molecule has 0 spiro atoms. The van der Waals surface area contributed by atoms with E-state index in [9.17, 15) is 8.42 Å². The number of rotatable bonds is 5. The third-order valence-corrected chi connectivity index (χ3v) is 5.29. The molecule has 2 rings (SSSR count). The zero-order valence-corrected chi connectivity index (χ0v) is 11.4. The first kappa shape index (κ1) is 13.5. The van der Waals surface area contributed by atoms with Crippen LogP contribution in [0.5, 0.6) is 0 Å². The van der Waals surface area contributed by atoms with E-state index < -0.39 is 10.0 Å². The molecule has 2 N–H and O–H groups in total. The Morgan fingerprint density at radius 1 is 1.44 bits per heavy atom. The number of hydrogen-bond acceptors (Lipinski definition) is 4. The van der Waals surface area contributed by atoms with Gasteiger partial charge < -0.3 is 5.32 Å². The number of piperidine rings is 1. The summed E-state index contributed by atoms with van der Waals surface area (Å²) in [6.45, 7) is 4.93. The van der Waals surface area contributed by atoms with Crippen LogP contribution in [0, 0.1) is 5.92 Å². The summed E-state index contributed by atoms with van der Waals surface area (Å²) >= 11 is 0. The van der Waals surface area contributed by atoms with Crippen molar-refractivity contribution >= 4 is 10.0 Å². The molecule has 0 aliphatic carbocycles. The van der Waals surface area contributed by atoms with Crippen LogP contribution < -0.4 is 5.32 Å². The fourth-order valence-electron chi connectivity index (χ4n) is 2.28. The minimum absolute atomic E-state index is 0.248. The van der Waals surface area contributed by atoms with E-state index in [4.69, 9.17) is 0 Å². The van der Waals surface area contributed by atoms with Crippen LogP contribution in [0.25, 0.3) is 0 Å². The molecule has 1 aromatic rings. The Hall–Kier alpha value is -0.920. The first-order chi connectivity index (χ1) is 8.64. The van der Waals surface area contributed by atoms with Crippen molar-refractivity contribution in [2.24, 2.45) is 5.92 Å². The van der Waals surface area contributed by atoms with Gasteiger partial charge in [0.25, 0.3) is 0 Å². The van der Waals surface area contributed by atoms with Crippen LogP contribution in [0.3, 0.4) is 0 Å². The van der Waals surface area contributed by atoms with Crippen LogP contribution in [0.2, 0.25) is 0 Å². The Bertz CT molecular complexity index is 451. The molecule has 0 atom stereocenters. The fourth-order valence-corrected chi connectivity index (χ4v) is 3.71. The predicted octanol–water partition coefficient (Wildman–Crippen LogP) is 0.420. The molecule has 0 amide bonds. The molecule has 102 valence electrons. The van der Waals surface area contributed by atoms with E-state index in [-0.39, 0.29) is 4.90 Å². The van der Waals surface area contributed by atoms with Crippen molar-refractivity contribution in [2.75, 3.05) is 26.2 Å². The lowest BCUT2D eigenvalue weighted by molar-refractivity contribution is 0.294. The molecular weight excluding hydrogens is 252 g/mol. The second-order valence-electron chi connectivity index (χ2n) is 4.58. The summed E-state index contributed by atoms with van der Waals surface area (Å²) in [4.78, 5) is 0.248. The van der Waals surface area contributed by atoms with E-state index in [1.54, 1.807) is 4.31 Å². The molecule has 0 unspecified atom stereocenters. The Morgan fingerprint density at radius 3 is 2.72 bits per heavy atom. The Labute approximate surface area is 108 Å². The largest absolute Gasteiger partial charge is 0.317 e. The van der Waals surface area contributed by atoms with Crippen LogP contribution in [0.4, 0.5) is 0 Å². The highest BCUT2D eigenvalue weighted by molar-refractivity contribution is 7.89. The molecule has 2 heterocycles. The van der Waals surface area contributed by atoms with E-state index >= 15 is 0 Å². The summed E-state index contributed by atoms with van der Waals surface area (Å²) in [5.41, 5.74) is 0. The third kappa shape index (κ3) is 2.90. The van der Waals surface area contributed by atoms with Crippen molar-refractivity contribution in [3.8, 4) is 0 Å². The van der Waals surface area contributed by atoms with Gasteiger partial charge in [-0.05, 0) is 31.8 Å². The number of sulfonamides is 1. The minimum atomic E-state index is -3.39. The SMILES string of the molecule is CCN(CC1CCNCC1)S(=O)(=O)c1cn[nH]c1. The summed E-state index contributed by atoms with van der Waals surface area (Å²) < 4.78 is 26.2. The van der Waals surface area contributed by atoms with Gasteiger partial charge in [-0.25, -0.2) is 8.42 Å². The maximum Gasteiger partial charge on any atom is 0.246 e.